The number of hydrogen-bond donors (Lipinski definition) is 4. The highest BCUT2D eigenvalue weighted by Gasteiger charge is 2.58. The number of carbonyl (C=O) groups excluding carboxylic acids is 1. The number of carboxylic acid groups (broad SMARTS) is 1. The van der Waals surface area contributed by atoms with Crippen molar-refractivity contribution in [2.24, 2.45) is 5.92 Å². The Hall–Kier alpha value is -2.46. The highest BCUT2D eigenvalue weighted by Crippen LogP contribution is 2.60. The minimum Gasteiger partial charge on any atom is -0.495 e. The van der Waals surface area contributed by atoms with Crippen LogP contribution in [0.5, 0.6) is 11.5 Å². The molecule has 4 rings (SSSR count). The molecule has 0 saturated carbocycles. The molecule has 0 bridgehead atoms. The number of halogens is 1. The number of aliphatic hydroxyl groups excluding tert-OH is 1. The Balaban J connectivity index is 1.87. The summed E-state index contributed by atoms with van der Waals surface area (Å²) < 4.78 is 12.8. The average molecular weight is 524 g/mol. The van der Waals surface area contributed by atoms with Crippen LogP contribution < -0.4 is 20.1 Å². The van der Waals surface area contributed by atoms with E-state index in [4.69, 9.17) is 14.6 Å². The molecule has 1 spiro atoms. The number of methoxy groups -OCH3 is 1. The molecule has 0 aromatic heterocycles. The monoisotopic (exact) mass is 523 g/mol. The molecule has 2 aliphatic heterocycles. The van der Waals surface area contributed by atoms with Gasteiger partial charge in [0.05, 0.1) is 19.8 Å². The van der Waals surface area contributed by atoms with E-state index in [-0.39, 0.29) is 31.2 Å². The third-order valence-electron chi connectivity index (χ3n) is 7.09. The lowest BCUT2D eigenvalue weighted by Gasteiger charge is -2.44. The van der Waals surface area contributed by atoms with Crippen molar-refractivity contribution in [3.63, 3.8) is 0 Å². The van der Waals surface area contributed by atoms with Crippen LogP contribution in [0.4, 0.5) is 4.79 Å². The number of hydrogen-bond acceptors (Lipinski definition) is 6. The van der Waals surface area contributed by atoms with Gasteiger partial charge in [-0.15, -0.1) is 0 Å². The largest absolute Gasteiger partial charge is 0.495 e. The second kappa shape index (κ2) is 9.06. The van der Waals surface area contributed by atoms with Crippen LogP contribution in [0.2, 0.25) is 0 Å². The number of urea groups is 1. The number of rotatable bonds is 6. The number of aliphatic carboxylic acids is 1. The standard InChI is InChI=1S/C23H30BrN3O6/c1-4-25-22(31)27-10-13-6-16(32-3)20(24)21-19(13)23(8-15(27)11-28)12(2)5-14(7-17(23)33-21)26-9-18(29)30/h6-7,12,15,17,26,28H,4-5,8-11H2,1-3H3,(H,25,31)(H,29,30)/t12-,15+,17-,23+/m1/s1. The van der Waals surface area contributed by atoms with E-state index in [2.05, 4.69) is 33.5 Å². The molecule has 1 aromatic carbocycles. The summed E-state index contributed by atoms with van der Waals surface area (Å²) in [7, 11) is 1.59. The minimum atomic E-state index is -0.929. The second-order valence-electron chi connectivity index (χ2n) is 8.88. The maximum Gasteiger partial charge on any atom is 0.322 e. The van der Waals surface area contributed by atoms with Crippen LogP contribution in [0.3, 0.4) is 0 Å². The van der Waals surface area contributed by atoms with Gasteiger partial charge >= 0.3 is 12.0 Å². The molecule has 2 amide bonds. The van der Waals surface area contributed by atoms with E-state index in [1.165, 1.54) is 0 Å². The van der Waals surface area contributed by atoms with Gasteiger partial charge in [0.25, 0.3) is 0 Å². The lowest BCUT2D eigenvalue weighted by molar-refractivity contribution is -0.135. The van der Waals surface area contributed by atoms with Crippen molar-refractivity contribution in [1.82, 2.24) is 15.5 Å². The van der Waals surface area contributed by atoms with E-state index in [0.717, 1.165) is 16.8 Å². The number of amides is 2. The quantitative estimate of drug-likeness (QED) is 0.451. The average Bonchev–Trinajstić information content (AvgIpc) is 3.04. The number of nitrogens with one attached hydrogen (secondary N) is 2. The summed E-state index contributed by atoms with van der Waals surface area (Å²) in [5.41, 5.74) is 2.30. The summed E-state index contributed by atoms with van der Waals surface area (Å²) in [5.74, 6) is 0.428. The topological polar surface area (TPSA) is 120 Å². The zero-order valence-corrected chi connectivity index (χ0v) is 20.6. The molecule has 1 aromatic rings. The third kappa shape index (κ3) is 3.82. The van der Waals surface area contributed by atoms with Crippen LogP contribution in [0, 0.1) is 5.92 Å². The van der Waals surface area contributed by atoms with Gasteiger partial charge in [-0.2, -0.15) is 0 Å². The Morgan fingerprint density at radius 1 is 1.42 bits per heavy atom. The fourth-order valence-corrected chi connectivity index (χ4v) is 6.18. The van der Waals surface area contributed by atoms with Gasteiger partial charge in [0.15, 0.2) is 0 Å². The van der Waals surface area contributed by atoms with E-state index in [0.29, 0.717) is 41.9 Å². The molecule has 180 valence electrons. The molecule has 2 heterocycles. The van der Waals surface area contributed by atoms with Crippen LogP contribution in [0.15, 0.2) is 22.3 Å². The fraction of sp³-hybridized carbons (Fsp3) is 0.565. The van der Waals surface area contributed by atoms with Crippen molar-refractivity contribution in [2.45, 2.75) is 50.8 Å². The highest BCUT2D eigenvalue weighted by atomic mass is 79.9. The van der Waals surface area contributed by atoms with Crippen LogP contribution in [0.1, 0.15) is 37.8 Å². The van der Waals surface area contributed by atoms with Crippen LogP contribution in [-0.2, 0) is 16.8 Å². The van der Waals surface area contributed by atoms with Gasteiger partial charge in [0, 0.05) is 29.8 Å². The van der Waals surface area contributed by atoms with Crippen molar-refractivity contribution in [1.29, 1.82) is 0 Å². The summed E-state index contributed by atoms with van der Waals surface area (Å²) >= 11 is 3.64. The summed E-state index contributed by atoms with van der Waals surface area (Å²) in [5, 5.41) is 25.3. The molecule has 3 aliphatic rings. The molecular formula is C23H30BrN3O6. The maximum atomic E-state index is 13.0. The van der Waals surface area contributed by atoms with E-state index < -0.39 is 17.4 Å². The fourth-order valence-electron chi connectivity index (χ4n) is 5.61. The Morgan fingerprint density at radius 3 is 2.82 bits per heavy atom. The molecule has 0 fully saturated rings. The smallest absolute Gasteiger partial charge is 0.322 e. The predicted molar refractivity (Wildman–Crippen MR) is 124 cm³/mol. The van der Waals surface area contributed by atoms with Gasteiger partial charge < -0.3 is 35.2 Å². The SMILES string of the molecule is CCNC(=O)N1Cc2cc(OC)c(Br)c3c2[C@@]2(C[C@H]1CO)[C@H](C)CC(NCC(=O)O)=C[C@H]2O3. The number of aliphatic hydroxyl groups is 1. The number of carbonyl (C=O) groups is 2. The van der Waals surface area contributed by atoms with E-state index in [9.17, 15) is 14.7 Å². The van der Waals surface area contributed by atoms with Crippen LogP contribution in [-0.4, -0.2) is 66.1 Å². The summed E-state index contributed by atoms with van der Waals surface area (Å²) in [6.07, 6.45) is 2.74. The molecule has 4 atom stereocenters. The summed E-state index contributed by atoms with van der Waals surface area (Å²) in [6, 6.07) is 1.32. The number of carboxylic acids is 1. The first-order chi connectivity index (χ1) is 15.8. The predicted octanol–water partition coefficient (Wildman–Crippen LogP) is 2.35. The number of allylic oxidation sites excluding steroid dienone is 1. The Bertz CT molecular complexity index is 999. The number of benzene rings is 1. The minimum absolute atomic E-state index is 0.0623. The molecule has 0 radical (unpaired) electrons. The molecule has 4 N–H and O–H groups in total. The molecule has 33 heavy (non-hydrogen) atoms. The van der Waals surface area contributed by atoms with Crippen molar-refractivity contribution >= 4 is 27.9 Å². The summed E-state index contributed by atoms with van der Waals surface area (Å²) in [6.45, 7) is 4.46. The lowest BCUT2D eigenvalue weighted by Crippen LogP contribution is -2.52. The highest BCUT2D eigenvalue weighted by molar-refractivity contribution is 9.10. The van der Waals surface area contributed by atoms with Crippen molar-refractivity contribution in [3.8, 4) is 11.5 Å². The summed E-state index contributed by atoms with van der Waals surface area (Å²) in [4.78, 5) is 25.7. The van der Waals surface area contributed by atoms with Gasteiger partial charge in [-0.05, 0) is 59.3 Å². The number of ether oxygens (including phenoxy) is 2. The first-order valence-electron chi connectivity index (χ1n) is 11.1. The van der Waals surface area contributed by atoms with E-state index >= 15 is 0 Å². The Kier molecular flexibility index (Phi) is 6.50. The van der Waals surface area contributed by atoms with Gasteiger partial charge in [0.1, 0.15) is 28.6 Å². The van der Waals surface area contributed by atoms with E-state index in [1.807, 2.05) is 19.1 Å². The lowest BCUT2D eigenvalue weighted by atomic mass is 9.60. The van der Waals surface area contributed by atoms with Gasteiger partial charge in [0.2, 0.25) is 0 Å². The number of nitrogens with zero attached hydrogens (tertiary/aromatic N) is 1. The van der Waals surface area contributed by atoms with Crippen molar-refractivity contribution < 1.29 is 29.3 Å². The molecular weight excluding hydrogens is 494 g/mol. The molecule has 0 unspecified atom stereocenters. The van der Waals surface area contributed by atoms with Gasteiger partial charge in [-0.25, -0.2) is 4.79 Å². The first kappa shape index (κ1) is 23.7. The third-order valence-corrected chi connectivity index (χ3v) is 7.84. The van der Waals surface area contributed by atoms with E-state index in [1.54, 1.807) is 12.0 Å². The molecule has 9 nitrogen and oxygen atoms in total. The molecule has 10 heteroatoms. The first-order valence-corrected chi connectivity index (χ1v) is 11.9. The van der Waals surface area contributed by atoms with Gasteiger partial charge in [-0.3, -0.25) is 4.79 Å². The van der Waals surface area contributed by atoms with Crippen molar-refractivity contribution in [2.75, 3.05) is 26.8 Å². The zero-order chi connectivity index (χ0) is 23.9. The van der Waals surface area contributed by atoms with Crippen LogP contribution in [0.25, 0.3) is 0 Å². The molecule has 0 saturated heterocycles. The normalized spacial score (nSPS) is 27.5. The van der Waals surface area contributed by atoms with Crippen molar-refractivity contribution in [3.05, 3.63) is 33.4 Å². The maximum absolute atomic E-state index is 13.0. The Labute approximate surface area is 201 Å². The van der Waals surface area contributed by atoms with Crippen LogP contribution >= 0.6 is 15.9 Å². The van der Waals surface area contributed by atoms with Gasteiger partial charge in [-0.1, -0.05) is 6.92 Å². The second-order valence-corrected chi connectivity index (χ2v) is 9.68. The molecule has 1 aliphatic carbocycles. The Morgan fingerprint density at radius 2 is 2.18 bits per heavy atom. The zero-order valence-electron chi connectivity index (χ0n) is 19.0.